The zero-order valence-corrected chi connectivity index (χ0v) is 17.6. The van der Waals surface area contributed by atoms with Gasteiger partial charge in [0.05, 0.1) is 17.0 Å². The van der Waals surface area contributed by atoms with Crippen molar-refractivity contribution in [2.24, 2.45) is 0 Å². The Morgan fingerprint density at radius 2 is 1.97 bits per heavy atom. The molecule has 0 bridgehead atoms. The van der Waals surface area contributed by atoms with Crippen molar-refractivity contribution in [1.29, 1.82) is 0 Å². The first kappa shape index (κ1) is 19.7. The first-order valence-electron chi connectivity index (χ1n) is 10.4. The van der Waals surface area contributed by atoms with Crippen molar-refractivity contribution in [3.05, 3.63) is 88.9 Å². The number of nitrogens with zero attached hydrogens (tertiary/aromatic N) is 3. The van der Waals surface area contributed by atoms with E-state index in [-0.39, 0.29) is 11.8 Å². The molecule has 1 aliphatic heterocycles. The summed E-state index contributed by atoms with van der Waals surface area (Å²) in [5, 5.41) is 13.2. The minimum atomic E-state index is -0.198. The maximum absolute atomic E-state index is 12.7. The van der Waals surface area contributed by atoms with Crippen molar-refractivity contribution in [2.45, 2.75) is 26.4 Å². The van der Waals surface area contributed by atoms with Crippen molar-refractivity contribution in [3.63, 3.8) is 0 Å². The first-order chi connectivity index (χ1) is 15.6. The summed E-state index contributed by atoms with van der Waals surface area (Å²) in [6.45, 7) is 3.09. The number of rotatable bonds is 5. The zero-order valence-electron chi connectivity index (χ0n) is 17.6. The van der Waals surface area contributed by atoms with Gasteiger partial charge < -0.3 is 15.2 Å². The second kappa shape index (κ2) is 8.14. The molecule has 5 rings (SSSR count). The molecule has 160 valence electrons. The SMILES string of the molecule is Cc1ccc(C(=O)Nc2n[nH]c3c2CCn2cc(C(=O)NCc4cccnc4)cc2-3)cc1. The van der Waals surface area contributed by atoms with Gasteiger partial charge in [0.25, 0.3) is 11.8 Å². The summed E-state index contributed by atoms with van der Waals surface area (Å²) >= 11 is 0. The summed E-state index contributed by atoms with van der Waals surface area (Å²) in [5.74, 6) is 0.182. The summed E-state index contributed by atoms with van der Waals surface area (Å²) in [4.78, 5) is 29.3. The summed E-state index contributed by atoms with van der Waals surface area (Å²) in [7, 11) is 0. The number of aromatic amines is 1. The Balaban J connectivity index is 1.33. The van der Waals surface area contributed by atoms with Gasteiger partial charge in [-0.25, -0.2) is 0 Å². The molecule has 4 aromatic rings. The average Bonchev–Trinajstić information content (AvgIpc) is 3.43. The van der Waals surface area contributed by atoms with E-state index >= 15 is 0 Å². The minimum Gasteiger partial charge on any atom is -0.348 e. The molecule has 0 saturated heterocycles. The normalized spacial score (nSPS) is 12.0. The van der Waals surface area contributed by atoms with Crippen LogP contribution in [0.1, 0.15) is 37.4 Å². The lowest BCUT2D eigenvalue weighted by atomic mass is 10.1. The van der Waals surface area contributed by atoms with Crippen molar-refractivity contribution in [3.8, 4) is 11.4 Å². The number of nitrogens with one attached hydrogen (secondary N) is 3. The summed E-state index contributed by atoms with van der Waals surface area (Å²) < 4.78 is 2.03. The van der Waals surface area contributed by atoms with Gasteiger partial charge in [-0.15, -0.1) is 0 Å². The molecule has 0 atom stereocenters. The van der Waals surface area contributed by atoms with Gasteiger partial charge in [-0.05, 0) is 43.2 Å². The van der Waals surface area contributed by atoms with E-state index in [9.17, 15) is 9.59 Å². The monoisotopic (exact) mass is 426 g/mol. The van der Waals surface area contributed by atoms with Gasteiger partial charge in [0, 0.05) is 42.8 Å². The number of hydrogen-bond acceptors (Lipinski definition) is 4. The van der Waals surface area contributed by atoms with Gasteiger partial charge in [0.1, 0.15) is 0 Å². The summed E-state index contributed by atoms with van der Waals surface area (Å²) in [5.41, 5.74) is 5.84. The molecule has 0 saturated carbocycles. The Kier molecular flexibility index (Phi) is 5.03. The third-order valence-electron chi connectivity index (χ3n) is 5.61. The maximum atomic E-state index is 12.7. The smallest absolute Gasteiger partial charge is 0.256 e. The van der Waals surface area contributed by atoms with Crippen LogP contribution in [0.15, 0.2) is 61.1 Å². The van der Waals surface area contributed by atoms with Crippen LogP contribution < -0.4 is 10.6 Å². The number of fused-ring (bicyclic) bond motifs is 3. The second-order valence-electron chi connectivity index (χ2n) is 7.85. The summed E-state index contributed by atoms with van der Waals surface area (Å²) in [6.07, 6.45) is 5.98. The molecule has 0 fully saturated rings. The fraction of sp³-hybridized carbons (Fsp3) is 0.167. The Morgan fingerprint density at radius 3 is 2.75 bits per heavy atom. The van der Waals surface area contributed by atoms with Crippen LogP contribution in [0, 0.1) is 6.92 Å². The van der Waals surface area contributed by atoms with E-state index in [1.54, 1.807) is 24.5 Å². The molecule has 3 aromatic heterocycles. The van der Waals surface area contributed by atoms with Crippen LogP contribution in [0.3, 0.4) is 0 Å². The molecule has 2 amide bonds. The van der Waals surface area contributed by atoms with Crippen LogP contribution >= 0.6 is 0 Å². The van der Waals surface area contributed by atoms with Crippen LogP contribution in [0.25, 0.3) is 11.4 Å². The highest BCUT2D eigenvalue weighted by Gasteiger charge is 2.25. The lowest BCUT2D eigenvalue weighted by molar-refractivity contribution is 0.0950. The molecule has 1 aliphatic rings. The maximum Gasteiger partial charge on any atom is 0.256 e. The molecular weight excluding hydrogens is 404 g/mol. The molecule has 0 spiro atoms. The van der Waals surface area contributed by atoms with E-state index in [0.717, 1.165) is 28.1 Å². The number of H-pyrrole nitrogens is 1. The number of aromatic nitrogens is 4. The molecule has 0 aliphatic carbocycles. The van der Waals surface area contributed by atoms with Crippen molar-refractivity contribution < 1.29 is 9.59 Å². The van der Waals surface area contributed by atoms with Crippen LogP contribution in [0.4, 0.5) is 5.82 Å². The highest BCUT2D eigenvalue weighted by molar-refractivity contribution is 6.04. The third kappa shape index (κ3) is 3.78. The van der Waals surface area contributed by atoms with Crippen LogP contribution in [-0.4, -0.2) is 31.6 Å². The summed E-state index contributed by atoms with van der Waals surface area (Å²) in [6, 6.07) is 13.0. The van der Waals surface area contributed by atoms with E-state index in [1.807, 2.05) is 48.0 Å². The Morgan fingerprint density at radius 1 is 1.12 bits per heavy atom. The fourth-order valence-corrected chi connectivity index (χ4v) is 3.86. The first-order valence-corrected chi connectivity index (χ1v) is 10.4. The number of hydrogen-bond donors (Lipinski definition) is 3. The highest BCUT2D eigenvalue weighted by atomic mass is 16.2. The van der Waals surface area contributed by atoms with Crippen molar-refractivity contribution in [2.75, 3.05) is 5.32 Å². The molecule has 1 aromatic carbocycles. The number of amides is 2. The highest BCUT2D eigenvalue weighted by Crippen LogP contribution is 2.33. The average molecular weight is 426 g/mol. The van der Waals surface area contributed by atoms with Gasteiger partial charge in [-0.3, -0.25) is 19.7 Å². The molecule has 8 heteroatoms. The van der Waals surface area contributed by atoms with Gasteiger partial charge >= 0.3 is 0 Å². The van der Waals surface area contributed by atoms with Gasteiger partial charge in [-0.1, -0.05) is 23.8 Å². The lowest BCUT2D eigenvalue weighted by Crippen LogP contribution is -2.22. The molecule has 8 nitrogen and oxygen atoms in total. The number of anilines is 1. The predicted molar refractivity (Wildman–Crippen MR) is 120 cm³/mol. The predicted octanol–water partition coefficient (Wildman–Crippen LogP) is 3.32. The largest absolute Gasteiger partial charge is 0.348 e. The number of benzene rings is 1. The topological polar surface area (TPSA) is 105 Å². The molecule has 0 unspecified atom stereocenters. The van der Waals surface area contributed by atoms with Crippen molar-refractivity contribution in [1.82, 2.24) is 25.1 Å². The molecular formula is C24H22N6O2. The van der Waals surface area contributed by atoms with E-state index in [2.05, 4.69) is 25.8 Å². The number of aryl methyl sites for hydroxylation is 2. The van der Waals surface area contributed by atoms with Crippen molar-refractivity contribution >= 4 is 17.6 Å². The van der Waals surface area contributed by atoms with E-state index in [4.69, 9.17) is 0 Å². The number of pyridine rings is 1. The van der Waals surface area contributed by atoms with Gasteiger partial charge in [0.2, 0.25) is 0 Å². The number of carbonyl (C=O) groups is 2. The Hall–Kier alpha value is -4.20. The fourth-order valence-electron chi connectivity index (χ4n) is 3.86. The Labute approximate surface area is 184 Å². The van der Waals surface area contributed by atoms with Crippen LogP contribution in [0.5, 0.6) is 0 Å². The quantitative estimate of drug-likeness (QED) is 0.455. The lowest BCUT2D eigenvalue weighted by Gasteiger charge is -2.16. The second-order valence-corrected chi connectivity index (χ2v) is 7.85. The van der Waals surface area contributed by atoms with Gasteiger partial charge in [-0.2, -0.15) is 5.10 Å². The minimum absolute atomic E-state index is 0.148. The third-order valence-corrected chi connectivity index (χ3v) is 5.61. The van der Waals surface area contributed by atoms with E-state index in [1.165, 1.54) is 0 Å². The molecule has 32 heavy (non-hydrogen) atoms. The van der Waals surface area contributed by atoms with E-state index in [0.29, 0.717) is 36.5 Å². The van der Waals surface area contributed by atoms with Gasteiger partial charge in [0.15, 0.2) is 5.82 Å². The standard InChI is InChI=1S/C24H22N6O2/c1-15-4-6-17(7-5-15)24(32)27-22-19-8-10-30-14-18(11-20(30)21(19)28-29-22)23(31)26-13-16-3-2-9-25-12-16/h2-7,9,11-12,14H,8,10,13H2,1H3,(H,26,31)(H2,27,28,29,32). The van der Waals surface area contributed by atoms with E-state index < -0.39 is 0 Å². The molecule has 0 radical (unpaired) electrons. The van der Waals surface area contributed by atoms with Crippen LogP contribution in [0.2, 0.25) is 0 Å². The van der Waals surface area contributed by atoms with Crippen LogP contribution in [-0.2, 0) is 19.5 Å². The number of carbonyl (C=O) groups excluding carboxylic acids is 2. The zero-order chi connectivity index (χ0) is 22.1. The Bertz CT molecular complexity index is 1290. The molecule has 4 heterocycles. The molecule has 3 N–H and O–H groups in total.